The number of ether oxygens (including phenoxy) is 1. The summed E-state index contributed by atoms with van der Waals surface area (Å²) in [6.45, 7) is 3.07. The van der Waals surface area contributed by atoms with Gasteiger partial charge in [-0.15, -0.1) is 0 Å². The van der Waals surface area contributed by atoms with E-state index in [1.807, 2.05) is 31.2 Å². The van der Waals surface area contributed by atoms with Gasteiger partial charge in [0.15, 0.2) is 0 Å². The fraction of sp³-hybridized carbons (Fsp3) is 0.444. The van der Waals surface area contributed by atoms with Gasteiger partial charge in [0.2, 0.25) is 5.91 Å². The van der Waals surface area contributed by atoms with Crippen LogP contribution in [0.4, 0.5) is 4.79 Å². The topological polar surface area (TPSA) is 95.9 Å². The normalized spacial score (nSPS) is 24.9. The van der Waals surface area contributed by atoms with Gasteiger partial charge >= 0.3 is 12.1 Å². The zero-order valence-electron chi connectivity index (χ0n) is 19.3. The van der Waals surface area contributed by atoms with Crippen LogP contribution in [0.25, 0.3) is 11.1 Å². The summed E-state index contributed by atoms with van der Waals surface area (Å²) in [7, 11) is 0. The smallest absolute Gasteiger partial charge is 0.407 e. The molecule has 3 aliphatic rings. The zero-order valence-corrected chi connectivity index (χ0v) is 19.3. The Hall–Kier alpha value is -3.35. The maximum absolute atomic E-state index is 12.9. The number of nitrogens with zero attached hydrogens (tertiary/aromatic N) is 1. The molecule has 2 N–H and O–H groups in total. The minimum absolute atomic E-state index is 0.0109. The number of hydrogen-bond donors (Lipinski definition) is 2. The Morgan fingerprint density at radius 2 is 1.68 bits per heavy atom. The zero-order chi connectivity index (χ0) is 23.8. The summed E-state index contributed by atoms with van der Waals surface area (Å²) >= 11 is 0. The lowest BCUT2D eigenvalue weighted by atomic mass is 9.98. The molecule has 178 valence electrons. The molecular formula is C27H30N2O5. The number of nitrogens with one attached hydrogen (secondary N) is 1. The van der Waals surface area contributed by atoms with Crippen LogP contribution < -0.4 is 5.32 Å². The predicted octanol–water partition coefficient (Wildman–Crippen LogP) is 3.87. The van der Waals surface area contributed by atoms with Gasteiger partial charge < -0.3 is 20.1 Å². The maximum Gasteiger partial charge on any atom is 0.407 e. The molecule has 34 heavy (non-hydrogen) atoms. The molecule has 0 radical (unpaired) electrons. The van der Waals surface area contributed by atoms with Crippen LogP contribution in [-0.4, -0.2) is 53.7 Å². The minimum atomic E-state index is -0.827. The van der Waals surface area contributed by atoms with Crippen LogP contribution in [0.2, 0.25) is 0 Å². The van der Waals surface area contributed by atoms with E-state index in [0.717, 1.165) is 0 Å². The van der Waals surface area contributed by atoms with Crippen molar-refractivity contribution in [1.29, 1.82) is 0 Å². The number of carbonyl (C=O) groups excluding carboxylic acids is 2. The second-order valence-electron chi connectivity index (χ2n) is 9.55. The summed E-state index contributed by atoms with van der Waals surface area (Å²) in [5, 5.41) is 12.2. The van der Waals surface area contributed by atoms with Crippen molar-refractivity contribution >= 4 is 18.0 Å². The molecule has 4 atom stereocenters. The number of rotatable bonds is 7. The van der Waals surface area contributed by atoms with E-state index in [-0.39, 0.29) is 36.3 Å². The van der Waals surface area contributed by atoms with Crippen molar-refractivity contribution in [2.75, 3.05) is 19.7 Å². The van der Waals surface area contributed by atoms with Crippen LogP contribution in [0, 0.1) is 17.8 Å². The molecule has 4 unspecified atom stereocenters. The quantitative estimate of drug-likeness (QED) is 0.651. The van der Waals surface area contributed by atoms with Crippen LogP contribution in [0.5, 0.6) is 0 Å². The van der Waals surface area contributed by atoms with E-state index in [0.29, 0.717) is 32.4 Å². The number of amides is 2. The lowest BCUT2D eigenvalue weighted by Gasteiger charge is -2.26. The Morgan fingerprint density at radius 1 is 1.03 bits per heavy atom. The summed E-state index contributed by atoms with van der Waals surface area (Å²) in [6, 6.07) is 16.2. The standard InChI is InChI=1S/C27H30N2O5/c1-2-24-21(26(31)32)11-12-29(24)25(30)22-13-16(22)14-28-27(33)34-15-23-19-9-5-3-7-17(19)18-8-4-6-10-20(18)23/h3-10,16,21-24H,2,11-15H2,1H3,(H,28,33)(H,31,32). The first-order chi connectivity index (χ1) is 16.5. The Bertz CT molecular complexity index is 1070. The predicted molar refractivity (Wildman–Crippen MR) is 126 cm³/mol. The van der Waals surface area contributed by atoms with E-state index in [1.54, 1.807) is 4.90 Å². The van der Waals surface area contributed by atoms with Crippen LogP contribution in [0.15, 0.2) is 48.5 Å². The van der Waals surface area contributed by atoms with E-state index in [2.05, 4.69) is 29.6 Å². The molecule has 7 heteroatoms. The highest BCUT2D eigenvalue weighted by Crippen LogP contribution is 2.45. The first-order valence-electron chi connectivity index (χ1n) is 12.1. The maximum atomic E-state index is 12.9. The van der Waals surface area contributed by atoms with E-state index in [9.17, 15) is 19.5 Å². The lowest BCUT2D eigenvalue weighted by Crippen LogP contribution is -2.40. The van der Waals surface area contributed by atoms with Crippen LogP contribution in [0.1, 0.15) is 43.2 Å². The van der Waals surface area contributed by atoms with Crippen molar-refractivity contribution in [3.8, 4) is 11.1 Å². The lowest BCUT2D eigenvalue weighted by molar-refractivity contribution is -0.143. The molecule has 1 aliphatic heterocycles. The third-order valence-corrected chi connectivity index (χ3v) is 7.66. The highest BCUT2D eigenvalue weighted by molar-refractivity contribution is 5.84. The Labute approximate surface area is 199 Å². The van der Waals surface area contributed by atoms with Crippen molar-refractivity contribution in [3.05, 3.63) is 59.7 Å². The van der Waals surface area contributed by atoms with Gasteiger partial charge in [-0.25, -0.2) is 4.79 Å². The van der Waals surface area contributed by atoms with E-state index < -0.39 is 18.0 Å². The molecular weight excluding hydrogens is 432 g/mol. The van der Waals surface area contributed by atoms with Crippen molar-refractivity contribution in [3.63, 3.8) is 0 Å². The summed E-state index contributed by atoms with van der Waals surface area (Å²) in [5.74, 6) is -1.34. The van der Waals surface area contributed by atoms with Gasteiger partial charge in [-0.1, -0.05) is 55.5 Å². The molecule has 1 saturated heterocycles. The van der Waals surface area contributed by atoms with Crippen molar-refractivity contribution in [2.24, 2.45) is 17.8 Å². The van der Waals surface area contributed by atoms with E-state index in [1.165, 1.54) is 22.3 Å². The van der Waals surface area contributed by atoms with Gasteiger partial charge in [-0.3, -0.25) is 9.59 Å². The third-order valence-electron chi connectivity index (χ3n) is 7.66. The second kappa shape index (κ2) is 9.12. The van der Waals surface area contributed by atoms with Crippen LogP contribution >= 0.6 is 0 Å². The summed E-state index contributed by atoms with van der Waals surface area (Å²) < 4.78 is 5.58. The Morgan fingerprint density at radius 3 is 2.29 bits per heavy atom. The number of alkyl carbamates (subject to hydrolysis) is 1. The number of carboxylic acids is 1. The molecule has 1 saturated carbocycles. The van der Waals surface area contributed by atoms with Crippen molar-refractivity contribution in [1.82, 2.24) is 10.2 Å². The second-order valence-corrected chi connectivity index (χ2v) is 9.55. The molecule has 7 nitrogen and oxygen atoms in total. The van der Waals surface area contributed by atoms with E-state index in [4.69, 9.17) is 4.74 Å². The average Bonchev–Trinajstić information content (AvgIpc) is 3.38. The fourth-order valence-corrected chi connectivity index (χ4v) is 5.77. The molecule has 1 heterocycles. The summed E-state index contributed by atoms with van der Waals surface area (Å²) in [6.07, 6.45) is 1.39. The minimum Gasteiger partial charge on any atom is -0.481 e. The van der Waals surface area contributed by atoms with Gasteiger partial charge in [-0.05, 0) is 47.4 Å². The summed E-state index contributed by atoms with van der Waals surface area (Å²) in [5.41, 5.74) is 4.70. The molecule has 2 aromatic rings. The van der Waals surface area contributed by atoms with Crippen LogP contribution in [-0.2, 0) is 14.3 Å². The number of carbonyl (C=O) groups is 3. The number of benzene rings is 2. The Kier molecular flexibility index (Phi) is 6.02. The highest BCUT2D eigenvalue weighted by atomic mass is 16.5. The molecule has 2 aromatic carbocycles. The molecule has 0 aromatic heterocycles. The largest absolute Gasteiger partial charge is 0.481 e. The molecule has 2 amide bonds. The summed E-state index contributed by atoms with van der Waals surface area (Å²) in [4.78, 5) is 38.5. The number of hydrogen-bond acceptors (Lipinski definition) is 4. The monoisotopic (exact) mass is 462 g/mol. The first kappa shape index (κ1) is 22.4. The number of fused-ring (bicyclic) bond motifs is 3. The third kappa shape index (κ3) is 4.04. The van der Waals surface area contributed by atoms with Crippen LogP contribution in [0.3, 0.4) is 0 Å². The number of carboxylic acid groups (broad SMARTS) is 1. The van der Waals surface area contributed by atoms with Gasteiger partial charge in [0, 0.05) is 31.0 Å². The van der Waals surface area contributed by atoms with Crippen molar-refractivity contribution < 1.29 is 24.2 Å². The molecule has 0 spiro atoms. The molecule has 0 bridgehead atoms. The number of aliphatic carboxylic acids is 1. The molecule has 2 fully saturated rings. The molecule has 2 aliphatic carbocycles. The average molecular weight is 463 g/mol. The van der Waals surface area contributed by atoms with Crippen molar-refractivity contribution in [2.45, 2.75) is 38.1 Å². The fourth-order valence-electron chi connectivity index (χ4n) is 5.77. The van der Waals surface area contributed by atoms with Gasteiger partial charge in [0.25, 0.3) is 0 Å². The number of likely N-dealkylation sites (tertiary alicyclic amines) is 1. The Balaban J connectivity index is 1.12. The van der Waals surface area contributed by atoms with E-state index >= 15 is 0 Å². The van der Waals surface area contributed by atoms with Gasteiger partial charge in [0.1, 0.15) is 6.61 Å². The SMILES string of the molecule is CCC1C(C(=O)O)CCN1C(=O)C1CC1CNC(=O)OCC1c2ccccc2-c2ccccc21. The molecule has 5 rings (SSSR count). The highest BCUT2D eigenvalue weighted by Gasteiger charge is 2.49. The first-order valence-corrected chi connectivity index (χ1v) is 12.1. The van der Waals surface area contributed by atoms with Gasteiger partial charge in [0.05, 0.1) is 5.92 Å². The van der Waals surface area contributed by atoms with Gasteiger partial charge in [-0.2, -0.15) is 0 Å².